The van der Waals surface area contributed by atoms with Crippen LogP contribution < -0.4 is 0 Å². The average molecular weight is 383 g/mol. The lowest BCUT2D eigenvalue weighted by Crippen LogP contribution is -2.21. The molecule has 0 saturated heterocycles. The Bertz CT molecular complexity index is 419. The maximum absolute atomic E-state index is 11.5. The molecular weight excluding hydrogens is 340 g/mol. The molecule has 4 nitrogen and oxygen atoms in total. The fourth-order valence-electron chi connectivity index (χ4n) is 4.12. The van der Waals surface area contributed by atoms with Crippen LogP contribution in [0.15, 0.2) is 12.2 Å². The molecule has 1 aliphatic carbocycles. The topological polar surface area (TPSA) is 66.8 Å². The van der Waals surface area contributed by atoms with Gasteiger partial charge in [-0.15, -0.1) is 0 Å². The van der Waals surface area contributed by atoms with E-state index in [1.54, 1.807) is 0 Å². The van der Waals surface area contributed by atoms with E-state index in [1.807, 2.05) is 13.8 Å². The summed E-state index contributed by atoms with van der Waals surface area (Å²) in [5.74, 6) is 0.251. The zero-order valence-electron chi connectivity index (χ0n) is 17.7. The van der Waals surface area contributed by atoms with Crippen molar-refractivity contribution in [3.05, 3.63) is 12.2 Å². The SMILES string of the molecule is CCCCCCCC[C@@H]1[C@@H](CC=CCCCC(=O)OC(C)C)[C@@H](O)C[C@H]1O. The van der Waals surface area contributed by atoms with Gasteiger partial charge < -0.3 is 14.9 Å². The molecule has 0 amide bonds. The van der Waals surface area contributed by atoms with Crippen LogP contribution in [0.4, 0.5) is 0 Å². The molecule has 0 bridgehead atoms. The van der Waals surface area contributed by atoms with Gasteiger partial charge in [0.2, 0.25) is 0 Å². The lowest BCUT2D eigenvalue weighted by molar-refractivity contribution is -0.147. The van der Waals surface area contributed by atoms with Gasteiger partial charge in [0, 0.05) is 6.42 Å². The average Bonchev–Trinajstić information content (AvgIpc) is 2.86. The quantitative estimate of drug-likeness (QED) is 0.247. The van der Waals surface area contributed by atoms with Crippen LogP contribution in [-0.2, 0) is 9.53 Å². The highest BCUT2D eigenvalue weighted by atomic mass is 16.5. The van der Waals surface area contributed by atoms with Crippen LogP contribution in [0.3, 0.4) is 0 Å². The third-order valence-corrected chi connectivity index (χ3v) is 5.61. The van der Waals surface area contributed by atoms with Crippen molar-refractivity contribution in [3.63, 3.8) is 0 Å². The fraction of sp³-hybridized carbons (Fsp3) is 0.870. The Morgan fingerprint density at radius 3 is 2.37 bits per heavy atom. The highest BCUT2D eigenvalue weighted by Crippen LogP contribution is 2.38. The van der Waals surface area contributed by atoms with Gasteiger partial charge in [-0.2, -0.15) is 0 Å². The van der Waals surface area contributed by atoms with Gasteiger partial charge in [-0.05, 0) is 57.8 Å². The highest BCUT2D eigenvalue weighted by Gasteiger charge is 2.40. The molecule has 1 rings (SSSR count). The molecule has 27 heavy (non-hydrogen) atoms. The summed E-state index contributed by atoms with van der Waals surface area (Å²) in [5, 5.41) is 20.6. The van der Waals surface area contributed by atoms with E-state index in [0.717, 1.165) is 32.1 Å². The van der Waals surface area contributed by atoms with Gasteiger partial charge in [0.05, 0.1) is 18.3 Å². The maximum Gasteiger partial charge on any atom is 0.306 e. The number of hydrogen-bond acceptors (Lipinski definition) is 4. The Balaban J connectivity index is 2.26. The number of esters is 1. The molecule has 158 valence electrons. The highest BCUT2D eigenvalue weighted by molar-refractivity contribution is 5.69. The molecule has 0 aromatic rings. The Morgan fingerprint density at radius 1 is 1.00 bits per heavy atom. The number of unbranched alkanes of at least 4 members (excludes halogenated alkanes) is 6. The second kappa shape index (κ2) is 14.2. The summed E-state index contributed by atoms with van der Waals surface area (Å²) in [5.41, 5.74) is 0. The second-order valence-corrected chi connectivity index (χ2v) is 8.39. The molecule has 0 aromatic carbocycles. The van der Waals surface area contributed by atoms with Gasteiger partial charge in [0.1, 0.15) is 0 Å². The Morgan fingerprint density at radius 2 is 1.67 bits per heavy atom. The molecule has 4 atom stereocenters. The first kappa shape index (κ1) is 24.2. The van der Waals surface area contributed by atoms with Crippen molar-refractivity contribution in [3.8, 4) is 0 Å². The number of aliphatic hydroxyl groups is 2. The largest absolute Gasteiger partial charge is 0.463 e. The first-order valence-electron chi connectivity index (χ1n) is 11.2. The van der Waals surface area contributed by atoms with Crippen molar-refractivity contribution < 1.29 is 19.7 Å². The summed E-state index contributed by atoms with van der Waals surface area (Å²) >= 11 is 0. The molecule has 0 aromatic heterocycles. The molecule has 0 unspecified atom stereocenters. The number of aliphatic hydroxyl groups excluding tert-OH is 2. The van der Waals surface area contributed by atoms with Gasteiger partial charge >= 0.3 is 5.97 Å². The van der Waals surface area contributed by atoms with Crippen LogP contribution in [0, 0.1) is 11.8 Å². The fourth-order valence-corrected chi connectivity index (χ4v) is 4.12. The third-order valence-electron chi connectivity index (χ3n) is 5.61. The third kappa shape index (κ3) is 10.3. The molecule has 4 heteroatoms. The maximum atomic E-state index is 11.5. The van der Waals surface area contributed by atoms with Crippen LogP contribution in [0.25, 0.3) is 0 Å². The van der Waals surface area contributed by atoms with E-state index in [0.29, 0.717) is 12.8 Å². The normalized spacial score (nSPS) is 25.6. The van der Waals surface area contributed by atoms with Crippen molar-refractivity contribution >= 4 is 5.97 Å². The van der Waals surface area contributed by atoms with Gasteiger partial charge in [0.25, 0.3) is 0 Å². The number of ether oxygens (including phenoxy) is 1. The van der Waals surface area contributed by atoms with Crippen LogP contribution in [0.1, 0.15) is 97.8 Å². The lowest BCUT2D eigenvalue weighted by atomic mass is 9.86. The monoisotopic (exact) mass is 382 g/mol. The van der Waals surface area contributed by atoms with E-state index in [1.165, 1.54) is 32.1 Å². The minimum absolute atomic E-state index is 0.0492. The summed E-state index contributed by atoms with van der Waals surface area (Å²) in [6, 6.07) is 0. The molecule has 0 heterocycles. The van der Waals surface area contributed by atoms with Crippen molar-refractivity contribution in [1.29, 1.82) is 0 Å². The number of hydrogen-bond donors (Lipinski definition) is 2. The van der Waals surface area contributed by atoms with Gasteiger partial charge in [-0.3, -0.25) is 4.79 Å². The number of rotatable bonds is 14. The lowest BCUT2D eigenvalue weighted by Gasteiger charge is -2.22. The van der Waals surface area contributed by atoms with Crippen LogP contribution in [-0.4, -0.2) is 34.5 Å². The van der Waals surface area contributed by atoms with Crippen LogP contribution >= 0.6 is 0 Å². The van der Waals surface area contributed by atoms with E-state index >= 15 is 0 Å². The molecule has 1 saturated carbocycles. The number of carbonyl (C=O) groups excluding carboxylic acids is 1. The number of carbonyl (C=O) groups is 1. The summed E-state index contributed by atoms with van der Waals surface area (Å²) in [4.78, 5) is 11.5. The first-order chi connectivity index (χ1) is 13.0. The van der Waals surface area contributed by atoms with Crippen LogP contribution in [0.2, 0.25) is 0 Å². The van der Waals surface area contributed by atoms with Crippen molar-refractivity contribution in [2.75, 3.05) is 0 Å². The van der Waals surface area contributed by atoms with E-state index in [4.69, 9.17) is 4.74 Å². The van der Waals surface area contributed by atoms with Gasteiger partial charge in [0.15, 0.2) is 0 Å². The molecule has 2 N–H and O–H groups in total. The molecule has 0 radical (unpaired) electrons. The summed E-state index contributed by atoms with van der Waals surface area (Å²) in [7, 11) is 0. The minimum atomic E-state index is -0.393. The summed E-state index contributed by atoms with van der Waals surface area (Å²) in [6.45, 7) is 5.95. The molecular formula is C23H42O4. The van der Waals surface area contributed by atoms with E-state index in [9.17, 15) is 15.0 Å². The predicted molar refractivity (Wildman–Crippen MR) is 110 cm³/mol. The number of allylic oxidation sites excluding steroid dienone is 2. The first-order valence-corrected chi connectivity index (χ1v) is 11.2. The van der Waals surface area contributed by atoms with Crippen molar-refractivity contribution in [2.45, 2.75) is 116 Å². The Hall–Kier alpha value is -0.870. The molecule has 1 aliphatic rings. The molecule has 0 aliphatic heterocycles. The summed E-state index contributed by atoms with van der Waals surface area (Å²) in [6.07, 6.45) is 15.4. The zero-order valence-corrected chi connectivity index (χ0v) is 17.7. The van der Waals surface area contributed by atoms with E-state index in [-0.39, 0.29) is 30.0 Å². The Labute approximate surface area is 166 Å². The van der Waals surface area contributed by atoms with Crippen LogP contribution in [0.5, 0.6) is 0 Å². The predicted octanol–water partition coefficient (Wildman–Crippen LogP) is 5.16. The standard InChI is InChI=1S/C23H42O4/c1-4-5-6-7-8-11-14-19-20(22(25)17-21(19)24)15-12-9-10-13-16-23(26)27-18(2)3/h9,12,18-22,24-25H,4-8,10-11,13-17H2,1-3H3/t19-,20-,21-,22+/m1/s1. The molecule has 0 spiro atoms. The molecule has 1 fully saturated rings. The zero-order chi connectivity index (χ0) is 20.1. The van der Waals surface area contributed by atoms with E-state index < -0.39 is 6.10 Å². The van der Waals surface area contributed by atoms with Crippen molar-refractivity contribution in [2.24, 2.45) is 11.8 Å². The minimum Gasteiger partial charge on any atom is -0.463 e. The van der Waals surface area contributed by atoms with Crippen molar-refractivity contribution in [1.82, 2.24) is 0 Å². The van der Waals surface area contributed by atoms with Gasteiger partial charge in [-0.1, -0.05) is 57.6 Å². The van der Waals surface area contributed by atoms with E-state index in [2.05, 4.69) is 19.1 Å². The van der Waals surface area contributed by atoms with Gasteiger partial charge in [-0.25, -0.2) is 0 Å². The Kier molecular flexibility index (Phi) is 12.7. The summed E-state index contributed by atoms with van der Waals surface area (Å²) < 4.78 is 5.12. The second-order valence-electron chi connectivity index (χ2n) is 8.39. The smallest absolute Gasteiger partial charge is 0.306 e.